The molecule has 2 aliphatic rings. The molecule has 0 aliphatic heterocycles. The van der Waals surface area contributed by atoms with E-state index in [0.717, 1.165) is 19.3 Å². The number of nitrogens with one attached hydrogen (secondary N) is 1. The summed E-state index contributed by atoms with van der Waals surface area (Å²) in [6.07, 6.45) is -2.84. The summed E-state index contributed by atoms with van der Waals surface area (Å²) < 4.78 is 36.0. The Labute approximate surface area is 104 Å². The monoisotopic (exact) mass is 265 g/mol. The van der Waals surface area contributed by atoms with Gasteiger partial charge in [-0.05, 0) is 31.1 Å². The fraction of sp³-hybridized carbons (Fsp3) is 0.917. The van der Waals surface area contributed by atoms with Crippen molar-refractivity contribution in [1.29, 1.82) is 0 Å². The molecule has 0 spiro atoms. The van der Waals surface area contributed by atoms with Gasteiger partial charge in [-0.15, -0.1) is 0 Å². The topological polar surface area (TPSA) is 49.3 Å². The molecule has 2 saturated carbocycles. The van der Waals surface area contributed by atoms with Gasteiger partial charge in [0.2, 0.25) is 5.91 Å². The Balaban J connectivity index is 1.83. The molecule has 104 valence electrons. The van der Waals surface area contributed by atoms with Crippen molar-refractivity contribution in [3.05, 3.63) is 0 Å². The van der Waals surface area contributed by atoms with Gasteiger partial charge >= 0.3 is 6.18 Å². The lowest BCUT2D eigenvalue weighted by atomic mass is 9.85. The summed E-state index contributed by atoms with van der Waals surface area (Å²) in [4.78, 5) is 11.5. The van der Waals surface area contributed by atoms with E-state index in [2.05, 4.69) is 5.32 Å². The van der Waals surface area contributed by atoms with Gasteiger partial charge in [0, 0.05) is 25.0 Å². The number of carbonyl (C=O) groups excluding carboxylic acids is 1. The first kappa shape index (κ1) is 13.6. The van der Waals surface area contributed by atoms with Crippen molar-refractivity contribution in [1.82, 2.24) is 5.32 Å². The van der Waals surface area contributed by atoms with E-state index in [4.69, 9.17) is 0 Å². The smallest absolute Gasteiger partial charge is 0.389 e. The molecular weight excluding hydrogens is 247 g/mol. The first-order valence-electron chi connectivity index (χ1n) is 6.37. The summed E-state index contributed by atoms with van der Waals surface area (Å²) in [7, 11) is 0. The second-order valence-electron chi connectivity index (χ2n) is 5.39. The third-order valence-corrected chi connectivity index (χ3v) is 4.26. The largest absolute Gasteiger partial charge is 0.396 e. The average molecular weight is 265 g/mol. The Morgan fingerprint density at radius 3 is 2.56 bits per heavy atom. The van der Waals surface area contributed by atoms with Gasteiger partial charge in [0.1, 0.15) is 0 Å². The van der Waals surface area contributed by atoms with Crippen LogP contribution in [0.15, 0.2) is 0 Å². The van der Waals surface area contributed by atoms with E-state index in [-0.39, 0.29) is 18.6 Å². The van der Waals surface area contributed by atoms with Crippen LogP contribution in [0.4, 0.5) is 13.2 Å². The molecule has 6 heteroatoms. The van der Waals surface area contributed by atoms with Gasteiger partial charge in [-0.2, -0.15) is 13.2 Å². The van der Waals surface area contributed by atoms with Crippen molar-refractivity contribution in [2.75, 3.05) is 6.61 Å². The molecular formula is C12H18F3NO2. The molecule has 4 atom stereocenters. The fourth-order valence-electron chi connectivity index (χ4n) is 3.41. The number of fused-ring (bicyclic) bond motifs is 2. The molecule has 2 bridgehead atoms. The number of rotatable bonds is 4. The Morgan fingerprint density at radius 2 is 1.94 bits per heavy atom. The molecule has 3 nitrogen and oxygen atoms in total. The summed E-state index contributed by atoms with van der Waals surface area (Å²) in [6.45, 7) is 0.00534. The number of halogens is 3. The summed E-state index contributed by atoms with van der Waals surface area (Å²) >= 11 is 0. The van der Waals surface area contributed by atoms with Crippen molar-refractivity contribution in [2.24, 2.45) is 17.8 Å². The highest BCUT2D eigenvalue weighted by molar-refractivity contribution is 5.76. The predicted octanol–water partition coefficient (Wildman–Crippen LogP) is 1.85. The number of aliphatic hydroxyl groups excluding tert-OH is 1. The van der Waals surface area contributed by atoms with Gasteiger partial charge in [0.05, 0.1) is 6.42 Å². The van der Waals surface area contributed by atoms with Gasteiger partial charge in [-0.1, -0.05) is 0 Å². The van der Waals surface area contributed by atoms with Crippen molar-refractivity contribution < 1.29 is 23.1 Å². The van der Waals surface area contributed by atoms with Crippen molar-refractivity contribution in [3.8, 4) is 0 Å². The van der Waals surface area contributed by atoms with Gasteiger partial charge < -0.3 is 10.4 Å². The molecule has 0 aromatic rings. The lowest BCUT2D eigenvalue weighted by molar-refractivity contribution is -0.144. The summed E-state index contributed by atoms with van der Waals surface area (Å²) in [5, 5.41) is 12.0. The molecule has 2 N–H and O–H groups in total. The van der Waals surface area contributed by atoms with Crippen LogP contribution in [-0.4, -0.2) is 29.8 Å². The maximum absolute atomic E-state index is 12.0. The first-order chi connectivity index (χ1) is 8.40. The first-order valence-corrected chi connectivity index (χ1v) is 6.37. The van der Waals surface area contributed by atoms with Crippen LogP contribution in [0.2, 0.25) is 0 Å². The number of carbonyl (C=O) groups is 1. The molecule has 2 rings (SSSR count). The molecule has 2 fully saturated rings. The van der Waals surface area contributed by atoms with E-state index in [9.17, 15) is 23.1 Å². The van der Waals surface area contributed by atoms with E-state index >= 15 is 0 Å². The average Bonchev–Trinajstić information content (AvgIpc) is 2.85. The van der Waals surface area contributed by atoms with Gasteiger partial charge in [-0.3, -0.25) is 4.79 Å². The zero-order valence-electron chi connectivity index (χ0n) is 10.0. The van der Waals surface area contributed by atoms with Crippen LogP contribution in [-0.2, 0) is 4.79 Å². The molecule has 4 unspecified atom stereocenters. The Kier molecular flexibility index (Phi) is 3.84. The van der Waals surface area contributed by atoms with E-state index in [1.54, 1.807) is 0 Å². The van der Waals surface area contributed by atoms with Crippen LogP contribution in [0.1, 0.15) is 32.1 Å². The second kappa shape index (κ2) is 5.07. The van der Waals surface area contributed by atoms with E-state index in [1.807, 2.05) is 0 Å². The number of alkyl halides is 3. The maximum Gasteiger partial charge on any atom is 0.389 e. The number of hydrogen-bond acceptors (Lipinski definition) is 2. The van der Waals surface area contributed by atoms with Gasteiger partial charge in [0.25, 0.3) is 0 Å². The van der Waals surface area contributed by atoms with E-state index in [0.29, 0.717) is 11.8 Å². The molecule has 0 aromatic heterocycles. The highest BCUT2D eigenvalue weighted by Gasteiger charge is 2.47. The minimum atomic E-state index is -4.29. The zero-order valence-corrected chi connectivity index (χ0v) is 10.0. The van der Waals surface area contributed by atoms with Gasteiger partial charge in [0.15, 0.2) is 0 Å². The number of hydrogen-bond donors (Lipinski definition) is 2. The summed E-state index contributed by atoms with van der Waals surface area (Å²) in [5.74, 6) is 0.233. The highest BCUT2D eigenvalue weighted by atomic mass is 19.4. The molecule has 0 saturated heterocycles. The van der Waals surface area contributed by atoms with Crippen LogP contribution < -0.4 is 5.32 Å². The Bertz CT molecular complexity index is 319. The van der Waals surface area contributed by atoms with Crippen LogP contribution >= 0.6 is 0 Å². The normalized spacial score (nSPS) is 34.9. The minimum absolute atomic E-state index is 0.00534. The molecule has 1 amide bonds. The Hall–Kier alpha value is -0.780. The molecule has 0 aromatic carbocycles. The van der Waals surface area contributed by atoms with E-state index < -0.39 is 24.9 Å². The number of amides is 1. The second-order valence-corrected chi connectivity index (χ2v) is 5.39. The molecule has 2 aliphatic carbocycles. The standard InChI is InChI=1S/C12H18F3NO2/c13-12(14,15)4-3-10(18)16-11-8-2-1-7(5-8)9(11)6-17/h7-9,11,17H,1-6H2,(H,16,18). The number of aliphatic hydroxyl groups is 1. The lowest BCUT2D eigenvalue weighted by Gasteiger charge is -2.30. The van der Waals surface area contributed by atoms with E-state index in [1.165, 1.54) is 0 Å². The fourth-order valence-corrected chi connectivity index (χ4v) is 3.41. The highest BCUT2D eigenvalue weighted by Crippen LogP contribution is 2.48. The lowest BCUT2D eigenvalue weighted by Crippen LogP contribution is -2.45. The summed E-state index contributed by atoms with van der Waals surface area (Å²) in [6, 6.07) is -0.130. The predicted molar refractivity (Wildman–Crippen MR) is 58.6 cm³/mol. The molecule has 18 heavy (non-hydrogen) atoms. The van der Waals surface area contributed by atoms with Crippen molar-refractivity contribution >= 4 is 5.91 Å². The van der Waals surface area contributed by atoms with Gasteiger partial charge in [-0.25, -0.2) is 0 Å². The maximum atomic E-state index is 12.0. The quantitative estimate of drug-likeness (QED) is 0.815. The third kappa shape index (κ3) is 2.96. The van der Waals surface area contributed by atoms with Crippen molar-refractivity contribution in [2.45, 2.75) is 44.3 Å². The summed E-state index contributed by atoms with van der Waals surface area (Å²) in [5.41, 5.74) is 0. The Morgan fingerprint density at radius 1 is 1.28 bits per heavy atom. The van der Waals surface area contributed by atoms with Crippen molar-refractivity contribution in [3.63, 3.8) is 0 Å². The minimum Gasteiger partial charge on any atom is -0.396 e. The van der Waals surface area contributed by atoms with Crippen LogP contribution in [0.5, 0.6) is 0 Å². The van der Waals surface area contributed by atoms with Crippen LogP contribution in [0.25, 0.3) is 0 Å². The van der Waals surface area contributed by atoms with Crippen LogP contribution in [0, 0.1) is 17.8 Å². The molecule has 0 heterocycles. The third-order valence-electron chi connectivity index (χ3n) is 4.26. The zero-order chi connectivity index (χ0) is 13.3. The SMILES string of the molecule is O=C(CCC(F)(F)F)NC1C2CCC(C2)C1CO. The van der Waals surface area contributed by atoms with Crippen LogP contribution in [0.3, 0.4) is 0 Å². The molecule has 0 radical (unpaired) electrons.